The zero-order chi connectivity index (χ0) is 16.6. The maximum absolute atomic E-state index is 12.8. The molecule has 1 aromatic carbocycles. The highest BCUT2D eigenvalue weighted by atomic mass is 32.2. The van der Waals surface area contributed by atoms with E-state index >= 15 is 0 Å². The van der Waals surface area contributed by atoms with E-state index in [1.54, 1.807) is 23.1 Å². The second-order valence-corrected chi connectivity index (χ2v) is 8.09. The molecule has 2 aliphatic rings. The van der Waals surface area contributed by atoms with E-state index in [-0.39, 0.29) is 16.9 Å². The van der Waals surface area contributed by atoms with Gasteiger partial charge in [-0.1, -0.05) is 6.42 Å². The number of carbonyl (C=O) groups is 1. The Kier molecular flexibility index (Phi) is 4.33. The lowest BCUT2D eigenvalue weighted by atomic mass is 10.2. The van der Waals surface area contributed by atoms with Crippen LogP contribution in [0.15, 0.2) is 23.1 Å². The zero-order valence-corrected chi connectivity index (χ0v) is 14.3. The van der Waals surface area contributed by atoms with E-state index in [2.05, 4.69) is 0 Å². The molecule has 0 aliphatic carbocycles. The fourth-order valence-corrected chi connectivity index (χ4v) is 4.67. The van der Waals surface area contributed by atoms with Gasteiger partial charge in [-0.05, 0) is 38.0 Å². The number of carbonyl (C=O) groups excluding carboxylic acids is 1. The molecular formula is C16H22N2O4S. The number of anilines is 1. The highest BCUT2D eigenvalue weighted by Crippen LogP contribution is 2.36. The van der Waals surface area contributed by atoms with E-state index in [0.717, 1.165) is 19.3 Å². The van der Waals surface area contributed by atoms with Crippen LogP contribution in [0.2, 0.25) is 0 Å². The molecule has 1 fully saturated rings. The van der Waals surface area contributed by atoms with Crippen LogP contribution in [0, 0.1) is 0 Å². The molecule has 3 rings (SSSR count). The molecule has 2 aliphatic heterocycles. The summed E-state index contributed by atoms with van der Waals surface area (Å²) in [4.78, 5) is 13.7. The Hall–Kier alpha value is -1.60. The number of hydrogen-bond donors (Lipinski definition) is 0. The van der Waals surface area contributed by atoms with Crippen LogP contribution < -0.4 is 9.64 Å². The van der Waals surface area contributed by atoms with Crippen molar-refractivity contribution in [2.75, 3.05) is 24.5 Å². The number of ether oxygens (including phenoxy) is 1. The summed E-state index contributed by atoms with van der Waals surface area (Å²) in [5.74, 6) is 0.436. The van der Waals surface area contributed by atoms with Gasteiger partial charge in [0.2, 0.25) is 15.9 Å². The predicted octanol–water partition coefficient (Wildman–Crippen LogP) is 1.99. The highest BCUT2D eigenvalue weighted by molar-refractivity contribution is 7.89. The summed E-state index contributed by atoms with van der Waals surface area (Å²) >= 11 is 0. The number of fused-ring (bicyclic) bond motifs is 1. The number of nitrogens with zero attached hydrogens (tertiary/aromatic N) is 2. The summed E-state index contributed by atoms with van der Waals surface area (Å²) in [5.41, 5.74) is 0.536. The topological polar surface area (TPSA) is 66.9 Å². The Morgan fingerprint density at radius 1 is 1.22 bits per heavy atom. The van der Waals surface area contributed by atoms with Crippen LogP contribution >= 0.6 is 0 Å². The smallest absolute Gasteiger partial charge is 0.243 e. The van der Waals surface area contributed by atoms with Crippen molar-refractivity contribution in [2.24, 2.45) is 0 Å². The fourth-order valence-electron chi connectivity index (χ4n) is 3.13. The lowest BCUT2D eigenvalue weighted by molar-refractivity contribution is -0.117. The molecule has 1 aromatic rings. The normalized spacial score (nSPS) is 22.3. The molecule has 0 saturated carbocycles. The third-order valence-electron chi connectivity index (χ3n) is 4.32. The average molecular weight is 338 g/mol. The first-order chi connectivity index (χ1) is 10.9. The second kappa shape index (κ2) is 6.13. The lowest BCUT2D eigenvalue weighted by Crippen LogP contribution is -2.41. The van der Waals surface area contributed by atoms with E-state index in [1.807, 2.05) is 6.92 Å². The van der Waals surface area contributed by atoms with Crippen molar-refractivity contribution in [1.82, 2.24) is 4.31 Å². The number of piperidine rings is 1. The summed E-state index contributed by atoms with van der Waals surface area (Å²) in [6.45, 7) is 4.91. The molecule has 6 nitrogen and oxygen atoms in total. The summed E-state index contributed by atoms with van der Waals surface area (Å²) in [7, 11) is -3.52. The second-order valence-electron chi connectivity index (χ2n) is 6.15. The zero-order valence-electron chi connectivity index (χ0n) is 13.5. The molecule has 1 unspecified atom stereocenters. The van der Waals surface area contributed by atoms with Crippen molar-refractivity contribution in [2.45, 2.75) is 44.1 Å². The molecule has 0 N–H and O–H groups in total. The molecule has 1 atom stereocenters. The Balaban J connectivity index is 1.99. The number of benzene rings is 1. The molecule has 0 radical (unpaired) electrons. The van der Waals surface area contributed by atoms with Crippen molar-refractivity contribution < 1.29 is 17.9 Å². The van der Waals surface area contributed by atoms with Crippen molar-refractivity contribution in [3.05, 3.63) is 18.2 Å². The molecule has 0 aromatic heterocycles. The van der Waals surface area contributed by atoms with Crippen LogP contribution in [-0.4, -0.2) is 44.4 Å². The van der Waals surface area contributed by atoms with Gasteiger partial charge in [-0.25, -0.2) is 8.42 Å². The molecule has 0 spiro atoms. The molecule has 7 heteroatoms. The summed E-state index contributed by atoms with van der Waals surface area (Å²) in [6.07, 6.45) is 2.74. The van der Waals surface area contributed by atoms with Crippen LogP contribution in [0.5, 0.6) is 5.75 Å². The molecule has 23 heavy (non-hydrogen) atoms. The van der Waals surface area contributed by atoms with Crippen molar-refractivity contribution in [3.63, 3.8) is 0 Å². The molecular weight excluding hydrogens is 316 g/mol. The van der Waals surface area contributed by atoms with Crippen LogP contribution in [0.25, 0.3) is 0 Å². The number of sulfonamides is 1. The Labute approximate surface area is 137 Å². The lowest BCUT2D eigenvalue weighted by Gasteiger charge is -2.33. The van der Waals surface area contributed by atoms with E-state index in [4.69, 9.17) is 4.74 Å². The van der Waals surface area contributed by atoms with E-state index in [9.17, 15) is 13.2 Å². The van der Waals surface area contributed by atoms with Gasteiger partial charge in [0.25, 0.3) is 0 Å². The van der Waals surface area contributed by atoms with Crippen LogP contribution in [0.4, 0.5) is 5.69 Å². The molecule has 1 saturated heterocycles. The van der Waals surface area contributed by atoms with Gasteiger partial charge in [-0.15, -0.1) is 0 Å². The predicted molar refractivity (Wildman–Crippen MR) is 87.2 cm³/mol. The largest absolute Gasteiger partial charge is 0.487 e. The van der Waals surface area contributed by atoms with Crippen LogP contribution in [0.1, 0.15) is 33.1 Å². The van der Waals surface area contributed by atoms with Crippen LogP contribution in [-0.2, 0) is 14.8 Å². The van der Waals surface area contributed by atoms with Gasteiger partial charge in [0.05, 0.1) is 17.1 Å². The Bertz CT molecular complexity index is 711. The Morgan fingerprint density at radius 2 is 1.91 bits per heavy atom. The minimum absolute atomic E-state index is 0.115. The number of hydrogen-bond acceptors (Lipinski definition) is 4. The third-order valence-corrected chi connectivity index (χ3v) is 6.22. The molecule has 2 heterocycles. The summed E-state index contributed by atoms with van der Waals surface area (Å²) in [5, 5.41) is 0. The first-order valence-electron chi connectivity index (χ1n) is 7.98. The molecule has 1 amide bonds. The quantitative estimate of drug-likeness (QED) is 0.827. The monoisotopic (exact) mass is 338 g/mol. The van der Waals surface area contributed by atoms with Crippen molar-refractivity contribution in [3.8, 4) is 5.75 Å². The molecule has 0 bridgehead atoms. The van der Waals surface area contributed by atoms with Crippen molar-refractivity contribution >= 4 is 21.6 Å². The molecule has 126 valence electrons. The third kappa shape index (κ3) is 3.07. The fraction of sp³-hybridized carbons (Fsp3) is 0.562. The van der Waals surface area contributed by atoms with E-state index < -0.39 is 10.0 Å². The maximum Gasteiger partial charge on any atom is 0.243 e. The van der Waals surface area contributed by atoms with Gasteiger partial charge in [0.15, 0.2) is 0 Å². The minimum Gasteiger partial charge on any atom is -0.487 e. The van der Waals surface area contributed by atoms with Gasteiger partial charge in [-0.3, -0.25) is 4.79 Å². The average Bonchev–Trinajstić information content (AvgIpc) is 2.54. The summed E-state index contributed by atoms with van der Waals surface area (Å²) in [6, 6.07) is 4.78. The SMILES string of the molecule is CC(=O)N1CC(C)Oc2ccc(S(=O)(=O)N3CCCCC3)cc21. The van der Waals surface area contributed by atoms with Gasteiger partial charge in [-0.2, -0.15) is 4.31 Å². The first kappa shape index (κ1) is 16.3. The Morgan fingerprint density at radius 3 is 2.57 bits per heavy atom. The first-order valence-corrected chi connectivity index (χ1v) is 9.42. The standard InChI is InChI=1S/C16H22N2O4S/c1-12-11-18(13(2)19)15-10-14(6-7-16(15)22-12)23(20,21)17-8-4-3-5-9-17/h6-7,10,12H,3-5,8-9,11H2,1-2H3. The van der Waals surface area contributed by atoms with E-state index in [1.165, 1.54) is 11.2 Å². The minimum atomic E-state index is -3.52. The highest BCUT2D eigenvalue weighted by Gasteiger charge is 2.30. The number of rotatable bonds is 2. The summed E-state index contributed by atoms with van der Waals surface area (Å²) < 4.78 is 32.8. The van der Waals surface area contributed by atoms with Gasteiger partial charge in [0.1, 0.15) is 11.9 Å². The van der Waals surface area contributed by atoms with Gasteiger partial charge >= 0.3 is 0 Å². The van der Waals surface area contributed by atoms with Gasteiger partial charge < -0.3 is 9.64 Å². The number of amides is 1. The van der Waals surface area contributed by atoms with Crippen LogP contribution in [0.3, 0.4) is 0 Å². The van der Waals surface area contributed by atoms with E-state index in [0.29, 0.717) is 31.1 Å². The van der Waals surface area contributed by atoms with Crippen molar-refractivity contribution in [1.29, 1.82) is 0 Å². The maximum atomic E-state index is 12.8. The van der Waals surface area contributed by atoms with Gasteiger partial charge in [0, 0.05) is 20.0 Å².